The number of aryl methyl sites for hydroxylation is 1. The number of aliphatic hydroxyl groups is 1. The van der Waals surface area contributed by atoms with E-state index in [0.29, 0.717) is 18.7 Å². The number of carbonyl (C=O) groups excluding carboxylic acids is 1. The van der Waals surface area contributed by atoms with Crippen molar-refractivity contribution in [3.63, 3.8) is 0 Å². The van der Waals surface area contributed by atoms with Crippen LogP contribution in [0.3, 0.4) is 0 Å². The van der Waals surface area contributed by atoms with Crippen molar-refractivity contribution in [2.24, 2.45) is 0 Å². The van der Waals surface area contributed by atoms with Gasteiger partial charge in [-0.15, -0.1) is 0 Å². The SMILES string of the molecule is Cc1cc(C(=O)N2C[C@@H](C)O[C@@H](C)C2)ccc1C#CCO. The maximum absolute atomic E-state index is 12.6. The fourth-order valence-electron chi connectivity index (χ4n) is 2.60. The molecule has 4 heteroatoms. The Labute approximate surface area is 125 Å². The molecule has 0 spiro atoms. The molecule has 0 radical (unpaired) electrons. The van der Waals surface area contributed by atoms with Crippen molar-refractivity contribution in [2.45, 2.75) is 33.0 Å². The summed E-state index contributed by atoms with van der Waals surface area (Å²) in [6.07, 6.45) is 0.127. The molecule has 1 N–H and O–H groups in total. The van der Waals surface area contributed by atoms with E-state index < -0.39 is 0 Å². The van der Waals surface area contributed by atoms with E-state index in [1.54, 1.807) is 6.07 Å². The molecule has 1 aromatic carbocycles. The van der Waals surface area contributed by atoms with E-state index in [9.17, 15) is 4.79 Å². The first-order valence-electron chi connectivity index (χ1n) is 7.16. The van der Waals surface area contributed by atoms with Crippen LogP contribution < -0.4 is 0 Å². The molecule has 1 amide bonds. The lowest BCUT2D eigenvalue weighted by Crippen LogP contribution is -2.48. The van der Waals surface area contributed by atoms with E-state index in [0.717, 1.165) is 11.1 Å². The van der Waals surface area contributed by atoms with Gasteiger partial charge in [0.15, 0.2) is 0 Å². The molecule has 21 heavy (non-hydrogen) atoms. The number of ether oxygens (including phenoxy) is 1. The zero-order valence-corrected chi connectivity index (χ0v) is 12.7. The molecule has 1 aliphatic rings. The molecule has 0 unspecified atom stereocenters. The van der Waals surface area contributed by atoms with Gasteiger partial charge in [-0.05, 0) is 44.5 Å². The highest BCUT2D eigenvalue weighted by Crippen LogP contribution is 2.16. The second-order valence-electron chi connectivity index (χ2n) is 5.46. The van der Waals surface area contributed by atoms with Crippen molar-refractivity contribution in [1.82, 2.24) is 4.90 Å². The Morgan fingerprint density at radius 3 is 2.62 bits per heavy atom. The number of morpholine rings is 1. The predicted molar refractivity (Wildman–Crippen MR) is 81.1 cm³/mol. The van der Waals surface area contributed by atoms with E-state index in [-0.39, 0.29) is 24.7 Å². The van der Waals surface area contributed by atoms with Crippen LogP contribution in [0, 0.1) is 18.8 Å². The molecule has 1 aliphatic heterocycles. The highest BCUT2D eigenvalue weighted by molar-refractivity contribution is 5.94. The van der Waals surface area contributed by atoms with Crippen LogP contribution in [-0.2, 0) is 4.74 Å². The molecule has 0 aromatic heterocycles. The number of carbonyl (C=O) groups is 1. The third-order valence-corrected chi connectivity index (χ3v) is 3.48. The molecular weight excluding hydrogens is 266 g/mol. The minimum atomic E-state index is -0.163. The number of amides is 1. The first-order chi connectivity index (χ1) is 10.0. The largest absolute Gasteiger partial charge is 0.384 e. The number of benzene rings is 1. The van der Waals surface area contributed by atoms with Gasteiger partial charge < -0.3 is 14.7 Å². The van der Waals surface area contributed by atoms with E-state index in [2.05, 4.69) is 11.8 Å². The number of nitrogens with zero attached hydrogens (tertiary/aromatic N) is 1. The third kappa shape index (κ3) is 3.84. The molecule has 1 heterocycles. The number of hydrogen-bond donors (Lipinski definition) is 1. The highest BCUT2D eigenvalue weighted by atomic mass is 16.5. The van der Waals surface area contributed by atoms with Crippen LogP contribution >= 0.6 is 0 Å². The smallest absolute Gasteiger partial charge is 0.254 e. The second-order valence-corrected chi connectivity index (χ2v) is 5.46. The summed E-state index contributed by atoms with van der Waals surface area (Å²) >= 11 is 0. The van der Waals surface area contributed by atoms with Gasteiger partial charge in [0.2, 0.25) is 0 Å². The maximum atomic E-state index is 12.6. The van der Waals surface area contributed by atoms with Crippen molar-refractivity contribution >= 4 is 5.91 Å². The summed E-state index contributed by atoms with van der Waals surface area (Å²) in [6.45, 7) is 6.96. The summed E-state index contributed by atoms with van der Waals surface area (Å²) < 4.78 is 5.65. The molecule has 2 atom stereocenters. The number of rotatable bonds is 1. The summed E-state index contributed by atoms with van der Waals surface area (Å²) in [5.74, 6) is 5.53. The summed E-state index contributed by atoms with van der Waals surface area (Å²) in [5, 5.41) is 8.73. The van der Waals surface area contributed by atoms with Crippen LogP contribution in [0.25, 0.3) is 0 Å². The van der Waals surface area contributed by atoms with Gasteiger partial charge in [-0.25, -0.2) is 0 Å². The van der Waals surface area contributed by atoms with Gasteiger partial charge in [-0.1, -0.05) is 11.8 Å². The van der Waals surface area contributed by atoms with Gasteiger partial charge in [0.1, 0.15) is 6.61 Å². The zero-order chi connectivity index (χ0) is 15.4. The highest BCUT2D eigenvalue weighted by Gasteiger charge is 2.26. The molecule has 0 bridgehead atoms. The van der Waals surface area contributed by atoms with Gasteiger partial charge >= 0.3 is 0 Å². The van der Waals surface area contributed by atoms with Gasteiger partial charge in [0, 0.05) is 24.2 Å². The second kappa shape index (κ2) is 6.75. The standard InChI is InChI=1S/C17H21NO3/c1-12-9-16(7-6-15(12)5-4-8-19)17(20)18-10-13(2)21-14(3)11-18/h6-7,9,13-14,19H,8,10-11H2,1-3H3/t13-,14+. The van der Waals surface area contributed by atoms with Crippen molar-refractivity contribution in [2.75, 3.05) is 19.7 Å². The predicted octanol–water partition coefficient (Wildman–Crippen LogP) is 1.59. The Morgan fingerprint density at radius 2 is 2.05 bits per heavy atom. The normalized spacial score (nSPS) is 21.6. The average molecular weight is 287 g/mol. The molecule has 1 fully saturated rings. The Morgan fingerprint density at radius 1 is 1.38 bits per heavy atom. The van der Waals surface area contributed by atoms with Gasteiger partial charge in [0.05, 0.1) is 12.2 Å². The molecular formula is C17H21NO3. The van der Waals surface area contributed by atoms with Crippen molar-refractivity contribution in [3.05, 3.63) is 34.9 Å². The van der Waals surface area contributed by atoms with Crippen molar-refractivity contribution in [1.29, 1.82) is 0 Å². The Hall–Kier alpha value is -1.83. The average Bonchev–Trinajstić information content (AvgIpc) is 2.44. The molecule has 2 rings (SSSR count). The minimum absolute atomic E-state index is 0.0294. The lowest BCUT2D eigenvalue weighted by atomic mass is 10.0. The lowest BCUT2D eigenvalue weighted by Gasteiger charge is -2.35. The molecule has 0 aliphatic carbocycles. The summed E-state index contributed by atoms with van der Waals surface area (Å²) in [5.41, 5.74) is 2.45. The molecule has 112 valence electrons. The lowest BCUT2D eigenvalue weighted by molar-refractivity contribution is -0.0586. The fourth-order valence-corrected chi connectivity index (χ4v) is 2.60. The van der Waals surface area contributed by atoms with E-state index >= 15 is 0 Å². The maximum Gasteiger partial charge on any atom is 0.254 e. The van der Waals surface area contributed by atoms with Crippen LogP contribution in [0.1, 0.15) is 35.3 Å². The summed E-state index contributed by atoms with van der Waals surface area (Å²) in [4.78, 5) is 14.4. The topological polar surface area (TPSA) is 49.8 Å². The monoisotopic (exact) mass is 287 g/mol. The van der Waals surface area contributed by atoms with E-state index in [1.165, 1.54) is 0 Å². The van der Waals surface area contributed by atoms with Crippen LogP contribution in [0.2, 0.25) is 0 Å². The molecule has 0 saturated carbocycles. The molecule has 4 nitrogen and oxygen atoms in total. The first-order valence-corrected chi connectivity index (χ1v) is 7.16. The van der Waals surface area contributed by atoms with Gasteiger partial charge in [0.25, 0.3) is 5.91 Å². The van der Waals surface area contributed by atoms with Gasteiger partial charge in [-0.2, -0.15) is 0 Å². The van der Waals surface area contributed by atoms with Gasteiger partial charge in [-0.3, -0.25) is 4.79 Å². The Kier molecular flexibility index (Phi) is 5.00. The quantitative estimate of drug-likeness (QED) is 0.798. The fraction of sp³-hybridized carbons (Fsp3) is 0.471. The van der Waals surface area contributed by atoms with Crippen LogP contribution in [0.5, 0.6) is 0 Å². The van der Waals surface area contributed by atoms with Crippen LogP contribution in [0.4, 0.5) is 0 Å². The third-order valence-electron chi connectivity index (χ3n) is 3.48. The van der Waals surface area contributed by atoms with Crippen molar-refractivity contribution in [3.8, 4) is 11.8 Å². The minimum Gasteiger partial charge on any atom is -0.384 e. The molecule has 1 saturated heterocycles. The molecule has 1 aromatic rings. The number of aliphatic hydroxyl groups excluding tert-OH is 1. The zero-order valence-electron chi connectivity index (χ0n) is 12.7. The Balaban J connectivity index is 2.18. The summed E-state index contributed by atoms with van der Waals surface area (Å²) in [6, 6.07) is 5.48. The van der Waals surface area contributed by atoms with Crippen LogP contribution in [0.15, 0.2) is 18.2 Å². The Bertz CT molecular complexity index is 575. The summed E-state index contributed by atoms with van der Waals surface area (Å²) in [7, 11) is 0. The van der Waals surface area contributed by atoms with E-state index in [4.69, 9.17) is 9.84 Å². The number of hydrogen-bond acceptors (Lipinski definition) is 3. The van der Waals surface area contributed by atoms with Crippen LogP contribution in [-0.4, -0.2) is 47.8 Å². The van der Waals surface area contributed by atoms with Crippen molar-refractivity contribution < 1.29 is 14.6 Å². The first kappa shape index (κ1) is 15.6. The van der Waals surface area contributed by atoms with E-state index in [1.807, 2.05) is 37.8 Å².